The highest BCUT2D eigenvalue weighted by Crippen LogP contribution is 2.26. The van der Waals surface area contributed by atoms with Crippen LogP contribution in [0.15, 0.2) is 35.9 Å². The van der Waals surface area contributed by atoms with Crippen LogP contribution in [0, 0.1) is 13.8 Å². The van der Waals surface area contributed by atoms with E-state index in [0.717, 1.165) is 54.1 Å². The molecule has 1 amide bonds. The number of benzene rings is 1. The molecule has 2 aromatic rings. The minimum Gasteiger partial charge on any atom is -0.385 e. The smallest absolute Gasteiger partial charge is 0.265 e. The van der Waals surface area contributed by atoms with Crippen molar-refractivity contribution in [1.82, 2.24) is 14.6 Å². The van der Waals surface area contributed by atoms with Crippen LogP contribution in [0.2, 0.25) is 0 Å². The fourth-order valence-corrected chi connectivity index (χ4v) is 3.86. The monoisotopic (exact) mass is 380 g/mol. The zero-order chi connectivity index (χ0) is 20.3. The van der Waals surface area contributed by atoms with Gasteiger partial charge in [-0.2, -0.15) is 0 Å². The molecule has 28 heavy (non-hydrogen) atoms. The van der Waals surface area contributed by atoms with E-state index in [-0.39, 0.29) is 5.91 Å². The summed E-state index contributed by atoms with van der Waals surface area (Å²) in [4.78, 5) is 12.8. The summed E-state index contributed by atoms with van der Waals surface area (Å²) < 4.78 is 2.25. The first-order valence-corrected chi connectivity index (χ1v) is 10.2. The second kappa shape index (κ2) is 8.65. The third-order valence-electron chi connectivity index (χ3n) is 5.35. The van der Waals surface area contributed by atoms with Gasteiger partial charge in [-0.3, -0.25) is 9.80 Å². The third kappa shape index (κ3) is 3.99. The molecule has 1 aromatic heterocycles. The third-order valence-corrected chi connectivity index (χ3v) is 5.35. The summed E-state index contributed by atoms with van der Waals surface area (Å²) in [5.41, 5.74) is 6.57. The molecule has 1 aromatic carbocycles. The van der Waals surface area contributed by atoms with E-state index < -0.39 is 0 Å². The summed E-state index contributed by atoms with van der Waals surface area (Å²) in [7, 11) is 1.99. The molecule has 2 heterocycles. The number of nitrogens with one attached hydrogen (secondary N) is 1. The van der Waals surface area contributed by atoms with Crippen LogP contribution in [0.5, 0.6) is 0 Å². The first kappa shape index (κ1) is 20.2. The van der Waals surface area contributed by atoms with Crippen LogP contribution in [-0.4, -0.2) is 47.2 Å². The van der Waals surface area contributed by atoms with E-state index in [9.17, 15) is 4.79 Å². The maximum Gasteiger partial charge on any atom is 0.265 e. The molecule has 0 aliphatic carbocycles. The zero-order valence-electron chi connectivity index (χ0n) is 17.7. The molecule has 5 heteroatoms. The van der Waals surface area contributed by atoms with Crippen molar-refractivity contribution in [3.63, 3.8) is 0 Å². The lowest BCUT2D eigenvalue weighted by Crippen LogP contribution is -2.36. The van der Waals surface area contributed by atoms with Crippen molar-refractivity contribution in [3.05, 3.63) is 52.9 Å². The number of hydrazine groups is 1. The van der Waals surface area contributed by atoms with Gasteiger partial charge in [0.1, 0.15) is 0 Å². The lowest BCUT2D eigenvalue weighted by molar-refractivity contribution is -0.134. The summed E-state index contributed by atoms with van der Waals surface area (Å²) >= 11 is 0. The Kier molecular flexibility index (Phi) is 6.25. The van der Waals surface area contributed by atoms with E-state index in [1.54, 1.807) is 0 Å². The lowest BCUT2D eigenvalue weighted by atomic mass is 10.1. The quantitative estimate of drug-likeness (QED) is 0.724. The maximum absolute atomic E-state index is 12.8. The van der Waals surface area contributed by atoms with Gasteiger partial charge in [0.2, 0.25) is 0 Å². The molecular formula is C23H32N4O. The Hall–Kier alpha value is -2.53. The van der Waals surface area contributed by atoms with Crippen LogP contribution in [-0.2, 0) is 4.79 Å². The van der Waals surface area contributed by atoms with Crippen LogP contribution in [0.4, 0.5) is 5.69 Å². The minimum absolute atomic E-state index is 0.135. The molecule has 3 rings (SSSR count). The van der Waals surface area contributed by atoms with Crippen LogP contribution < -0.4 is 5.32 Å². The summed E-state index contributed by atoms with van der Waals surface area (Å²) in [5.74, 6) is 0.135. The Morgan fingerprint density at radius 2 is 1.86 bits per heavy atom. The normalized spacial score (nSPS) is 16.4. The van der Waals surface area contributed by atoms with Gasteiger partial charge in [-0.25, -0.2) is 5.01 Å². The number of hydrogen-bond acceptors (Lipinski definition) is 3. The molecule has 0 radical (unpaired) electrons. The highest BCUT2D eigenvalue weighted by molar-refractivity contribution is 6.00. The van der Waals surface area contributed by atoms with Crippen LogP contribution in [0.3, 0.4) is 0 Å². The van der Waals surface area contributed by atoms with E-state index in [1.165, 1.54) is 5.69 Å². The number of carbonyl (C=O) groups excluding carboxylic acids is 1. The van der Waals surface area contributed by atoms with Crippen LogP contribution in [0.25, 0.3) is 11.8 Å². The van der Waals surface area contributed by atoms with Gasteiger partial charge in [-0.05, 0) is 69.2 Å². The average molecular weight is 381 g/mol. The second-order valence-corrected chi connectivity index (χ2v) is 7.51. The Morgan fingerprint density at radius 1 is 1.14 bits per heavy atom. The first-order valence-electron chi connectivity index (χ1n) is 10.2. The van der Waals surface area contributed by atoms with E-state index in [1.807, 2.05) is 17.1 Å². The molecule has 1 aliphatic heterocycles. The molecule has 1 N–H and O–H groups in total. The second-order valence-electron chi connectivity index (χ2n) is 7.51. The molecule has 1 fully saturated rings. The van der Waals surface area contributed by atoms with Gasteiger partial charge < -0.3 is 9.88 Å². The summed E-state index contributed by atoms with van der Waals surface area (Å²) in [6, 6.07) is 10.7. The van der Waals surface area contributed by atoms with Gasteiger partial charge in [0.05, 0.1) is 0 Å². The summed E-state index contributed by atoms with van der Waals surface area (Å²) in [6.45, 7) is 10.9. The fourth-order valence-electron chi connectivity index (χ4n) is 3.86. The number of nitrogens with zero attached hydrogens (tertiary/aromatic N) is 3. The molecule has 0 saturated carbocycles. The Balaban J connectivity index is 1.88. The number of rotatable bonds is 7. The van der Waals surface area contributed by atoms with Gasteiger partial charge in [0, 0.05) is 55.0 Å². The number of amides is 1. The molecule has 0 atom stereocenters. The number of aromatic nitrogens is 1. The first-order chi connectivity index (χ1) is 13.5. The molecule has 0 spiro atoms. The molecular weight excluding hydrogens is 348 g/mol. The number of aryl methyl sites for hydroxylation is 1. The number of unbranched alkanes of at least 4 members (excludes halogenated alkanes) is 1. The Labute approximate surface area is 168 Å². The molecule has 150 valence electrons. The average Bonchev–Trinajstić information content (AvgIpc) is 3.10. The van der Waals surface area contributed by atoms with Gasteiger partial charge in [0.25, 0.3) is 5.91 Å². The highest BCUT2D eigenvalue weighted by atomic mass is 16.2. The predicted molar refractivity (Wildman–Crippen MR) is 117 cm³/mol. The van der Waals surface area contributed by atoms with E-state index in [0.29, 0.717) is 6.54 Å². The Morgan fingerprint density at radius 3 is 2.50 bits per heavy atom. The fraction of sp³-hybridized carbons (Fsp3) is 0.435. The van der Waals surface area contributed by atoms with Crippen molar-refractivity contribution >= 4 is 17.7 Å². The van der Waals surface area contributed by atoms with Crippen molar-refractivity contribution in [3.8, 4) is 5.69 Å². The van der Waals surface area contributed by atoms with E-state index >= 15 is 0 Å². The maximum atomic E-state index is 12.8. The van der Waals surface area contributed by atoms with Crippen LogP contribution >= 0.6 is 0 Å². The largest absolute Gasteiger partial charge is 0.385 e. The Bertz CT molecular complexity index is 863. The van der Waals surface area contributed by atoms with Crippen molar-refractivity contribution in [2.75, 3.05) is 32.0 Å². The summed E-state index contributed by atoms with van der Waals surface area (Å²) in [5, 5.41) is 7.23. The summed E-state index contributed by atoms with van der Waals surface area (Å²) in [6.07, 6.45) is 4.18. The SMILES string of the molecule is CCCCN1C(=O)/C(=C/c2cc(C)n(-c3ccc(NCC)cc3)c2C)CN1C. The van der Waals surface area contributed by atoms with Gasteiger partial charge in [-0.15, -0.1) is 0 Å². The number of hydrogen-bond donors (Lipinski definition) is 1. The number of likely N-dealkylation sites (N-methyl/N-ethyl adjacent to an activating group) is 1. The van der Waals surface area contributed by atoms with Gasteiger partial charge in [0.15, 0.2) is 0 Å². The predicted octanol–water partition coefficient (Wildman–Crippen LogP) is 4.40. The van der Waals surface area contributed by atoms with E-state index in [4.69, 9.17) is 0 Å². The van der Waals surface area contributed by atoms with Crippen molar-refractivity contribution in [2.24, 2.45) is 0 Å². The molecule has 1 aliphatic rings. The molecule has 0 bridgehead atoms. The number of carbonyl (C=O) groups is 1. The van der Waals surface area contributed by atoms with Gasteiger partial charge in [-0.1, -0.05) is 13.3 Å². The molecule has 1 saturated heterocycles. The van der Waals surface area contributed by atoms with Crippen molar-refractivity contribution in [2.45, 2.75) is 40.5 Å². The van der Waals surface area contributed by atoms with Crippen LogP contribution in [0.1, 0.15) is 43.6 Å². The topological polar surface area (TPSA) is 40.5 Å². The molecule has 0 unspecified atom stereocenters. The standard InChI is InChI=1S/C23H32N4O/c1-6-8-13-26-23(28)20(16-25(26)5)15-19-14-17(3)27(18(19)4)22-11-9-21(10-12-22)24-7-2/h9-12,14-15,24H,6-8,13,16H2,1-5H3/b20-15+. The molecule has 5 nitrogen and oxygen atoms in total. The lowest BCUT2D eigenvalue weighted by Gasteiger charge is -2.22. The number of anilines is 1. The van der Waals surface area contributed by atoms with Crippen molar-refractivity contribution in [1.29, 1.82) is 0 Å². The zero-order valence-corrected chi connectivity index (χ0v) is 17.7. The van der Waals surface area contributed by atoms with E-state index in [2.05, 4.69) is 74.0 Å². The highest BCUT2D eigenvalue weighted by Gasteiger charge is 2.30. The minimum atomic E-state index is 0.135. The van der Waals surface area contributed by atoms with Gasteiger partial charge >= 0.3 is 0 Å². The van der Waals surface area contributed by atoms with Crippen molar-refractivity contribution < 1.29 is 4.79 Å².